The van der Waals surface area contributed by atoms with E-state index in [0.717, 1.165) is 19.3 Å². The largest absolute Gasteiger partial charge is 0.481 e. The van der Waals surface area contributed by atoms with E-state index in [0.29, 0.717) is 41.8 Å². The predicted octanol–water partition coefficient (Wildman–Crippen LogP) is 3.12. The van der Waals surface area contributed by atoms with E-state index < -0.39 is 10.0 Å². The van der Waals surface area contributed by atoms with Gasteiger partial charge < -0.3 is 9.64 Å². The van der Waals surface area contributed by atoms with E-state index in [9.17, 15) is 13.2 Å². The Labute approximate surface area is 179 Å². The average Bonchev–Trinajstić information content (AvgIpc) is 3.38. The molecule has 2 saturated heterocycles. The summed E-state index contributed by atoms with van der Waals surface area (Å²) in [6, 6.07) is 6.54. The highest BCUT2D eigenvalue weighted by Crippen LogP contribution is 2.42. The Morgan fingerprint density at radius 1 is 1.24 bits per heavy atom. The van der Waals surface area contributed by atoms with Gasteiger partial charge >= 0.3 is 0 Å². The van der Waals surface area contributed by atoms with Crippen LogP contribution in [0.25, 0.3) is 0 Å². The number of rotatable bonds is 4. The monoisotopic (exact) mass is 455 g/mol. The number of aromatic nitrogens is 1. The zero-order valence-corrected chi connectivity index (χ0v) is 18.4. The molecule has 7 nitrogen and oxygen atoms in total. The van der Waals surface area contributed by atoms with Gasteiger partial charge in [0.05, 0.1) is 7.11 Å². The quantitative estimate of drug-likeness (QED) is 0.662. The van der Waals surface area contributed by atoms with Crippen molar-refractivity contribution in [3.05, 3.63) is 40.4 Å². The lowest BCUT2D eigenvalue weighted by molar-refractivity contribution is 0.0750. The van der Waals surface area contributed by atoms with Crippen LogP contribution in [0.3, 0.4) is 0 Å². The molecule has 10 heteroatoms. The van der Waals surface area contributed by atoms with Crippen molar-refractivity contribution in [2.75, 3.05) is 33.3 Å². The normalized spacial score (nSPS) is 19.6. The van der Waals surface area contributed by atoms with E-state index in [1.807, 2.05) is 4.90 Å². The van der Waals surface area contributed by atoms with Crippen molar-refractivity contribution in [1.82, 2.24) is 14.2 Å². The molecule has 0 N–H and O–H groups in total. The molecule has 4 heterocycles. The molecule has 0 aliphatic carbocycles. The summed E-state index contributed by atoms with van der Waals surface area (Å²) < 4.78 is 32.6. The molecule has 0 aromatic carbocycles. The fourth-order valence-corrected chi connectivity index (χ4v) is 6.93. The molecule has 2 aromatic heterocycles. The predicted molar refractivity (Wildman–Crippen MR) is 111 cm³/mol. The van der Waals surface area contributed by atoms with Gasteiger partial charge in [0.2, 0.25) is 5.88 Å². The van der Waals surface area contributed by atoms with Crippen LogP contribution in [0.5, 0.6) is 5.88 Å². The second kappa shape index (κ2) is 7.86. The Morgan fingerprint density at radius 3 is 2.62 bits per heavy atom. The lowest BCUT2D eigenvalue weighted by atomic mass is 9.78. The summed E-state index contributed by atoms with van der Waals surface area (Å²) in [5.74, 6) is 0.208. The molecular formula is C19H22ClN3O4S2. The number of hydrogen-bond donors (Lipinski definition) is 0. The summed E-state index contributed by atoms with van der Waals surface area (Å²) in [6.07, 6.45) is 2.38. The number of hydrogen-bond acceptors (Lipinski definition) is 6. The van der Waals surface area contributed by atoms with Crippen LogP contribution in [0.2, 0.25) is 5.15 Å². The number of ether oxygens (including phenoxy) is 1. The van der Waals surface area contributed by atoms with Crippen molar-refractivity contribution >= 4 is 38.9 Å². The minimum Gasteiger partial charge on any atom is -0.481 e. The lowest BCUT2D eigenvalue weighted by Gasteiger charge is -2.38. The second-order valence-electron chi connectivity index (χ2n) is 7.53. The molecule has 2 aromatic rings. The highest BCUT2D eigenvalue weighted by atomic mass is 35.5. The molecule has 0 atom stereocenters. The molecule has 0 unspecified atom stereocenters. The number of halogens is 1. The minimum absolute atomic E-state index is 0.0297. The van der Waals surface area contributed by atoms with Crippen molar-refractivity contribution < 1.29 is 17.9 Å². The number of thiophene rings is 1. The van der Waals surface area contributed by atoms with Crippen molar-refractivity contribution in [1.29, 1.82) is 0 Å². The van der Waals surface area contributed by atoms with E-state index in [-0.39, 0.29) is 16.5 Å². The number of nitrogens with zero attached hydrogens (tertiary/aromatic N) is 3. The Kier molecular flexibility index (Phi) is 5.58. The maximum absolute atomic E-state index is 13.0. The maximum Gasteiger partial charge on any atom is 0.254 e. The third-order valence-electron chi connectivity index (χ3n) is 5.82. The van der Waals surface area contributed by atoms with Gasteiger partial charge in [-0.05, 0) is 42.2 Å². The van der Waals surface area contributed by atoms with Gasteiger partial charge in [0.25, 0.3) is 15.9 Å². The van der Waals surface area contributed by atoms with Gasteiger partial charge in [-0.25, -0.2) is 13.4 Å². The van der Waals surface area contributed by atoms with Crippen LogP contribution in [0.15, 0.2) is 33.9 Å². The van der Waals surface area contributed by atoms with Gasteiger partial charge in [0.15, 0.2) is 0 Å². The highest BCUT2D eigenvalue weighted by Gasteiger charge is 2.44. The van der Waals surface area contributed by atoms with Crippen molar-refractivity contribution in [3.8, 4) is 5.88 Å². The van der Waals surface area contributed by atoms with Gasteiger partial charge in [0.1, 0.15) is 9.36 Å². The van der Waals surface area contributed by atoms with E-state index in [4.69, 9.17) is 16.3 Å². The number of pyridine rings is 1. The second-order valence-corrected chi connectivity index (χ2v) is 11.0. The average molecular weight is 456 g/mol. The number of amides is 1. The van der Waals surface area contributed by atoms with E-state index >= 15 is 0 Å². The number of sulfonamides is 1. The molecular weight excluding hydrogens is 434 g/mol. The number of methoxy groups -OCH3 is 1. The SMILES string of the molecule is COc1cc(C(=O)N2CCC3(CCN(S(=O)(=O)c4cccs4)CC3)C2)cc(Cl)n1. The van der Waals surface area contributed by atoms with Gasteiger partial charge in [-0.1, -0.05) is 17.7 Å². The van der Waals surface area contributed by atoms with E-state index in [2.05, 4.69) is 4.98 Å². The Morgan fingerprint density at radius 2 is 1.97 bits per heavy atom. The summed E-state index contributed by atoms with van der Waals surface area (Å²) in [4.78, 5) is 18.8. The van der Waals surface area contributed by atoms with Crippen LogP contribution < -0.4 is 4.74 Å². The van der Waals surface area contributed by atoms with Crippen LogP contribution in [-0.4, -0.2) is 61.8 Å². The Balaban J connectivity index is 1.43. The summed E-state index contributed by atoms with van der Waals surface area (Å²) >= 11 is 7.24. The molecule has 156 valence electrons. The number of carbonyl (C=O) groups is 1. The van der Waals surface area contributed by atoms with Gasteiger partial charge in [-0.2, -0.15) is 4.31 Å². The van der Waals surface area contributed by atoms with Crippen molar-refractivity contribution in [2.45, 2.75) is 23.5 Å². The van der Waals surface area contributed by atoms with Gasteiger partial charge in [-0.15, -0.1) is 11.3 Å². The summed E-state index contributed by atoms with van der Waals surface area (Å²) in [5.41, 5.74) is 0.425. The molecule has 2 fully saturated rings. The highest BCUT2D eigenvalue weighted by molar-refractivity contribution is 7.91. The van der Waals surface area contributed by atoms with Crippen LogP contribution >= 0.6 is 22.9 Å². The van der Waals surface area contributed by atoms with Gasteiger partial charge in [0, 0.05) is 37.8 Å². The fourth-order valence-electron chi connectivity index (χ4n) is 4.14. The minimum atomic E-state index is -3.41. The van der Waals surface area contributed by atoms with Crippen LogP contribution in [0.1, 0.15) is 29.6 Å². The molecule has 4 rings (SSSR count). The first kappa shape index (κ1) is 20.6. The topological polar surface area (TPSA) is 79.8 Å². The Bertz CT molecular complexity index is 1000. The van der Waals surface area contributed by atoms with E-state index in [1.54, 1.807) is 34.0 Å². The van der Waals surface area contributed by atoms with E-state index in [1.165, 1.54) is 18.4 Å². The standard InChI is InChI=1S/C19H22ClN3O4S2/c1-27-16-12-14(11-15(20)21-16)18(24)22-7-4-19(13-22)5-8-23(9-6-19)29(25,26)17-3-2-10-28-17/h2-3,10-12H,4-9,13H2,1H3. The fraction of sp³-hybridized carbons (Fsp3) is 0.474. The van der Waals surface area contributed by atoms with Crippen LogP contribution in [0.4, 0.5) is 0 Å². The lowest BCUT2D eigenvalue weighted by Crippen LogP contribution is -2.44. The molecule has 2 aliphatic heterocycles. The molecule has 1 amide bonds. The Hall–Kier alpha value is -1.68. The van der Waals surface area contributed by atoms with Crippen LogP contribution in [0, 0.1) is 5.41 Å². The third-order valence-corrected chi connectivity index (χ3v) is 9.29. The summed E-state index contributed by atoms with van der Waals surface area (Å²) in [6.45, 7) is 2.24. The smallest absolute Gasteiger partial charge is 0.254 e. The first-order valence-corrected chi connectivity index (χ1v) is 12.1. The third kappa shape index (κ3) is 4.01. The zero-order valence-electron chi connectivity index (χ0n) is 16.0. The number of piperidine rings is 1. The maximum atomic E-state index is 13.0. The van der Waals surface area contributed by atoms with Crippen LogP contribution in [-0.2, 0) is 10.0 Å². The van der Waals surface area contributed by atoms with Gasteiger partial charge in [-0.3, -0.25) is 4.79 Å². The first-order chi connectivity index (χ1) is 13.8. The molecule has 0 saturated carbocycles. The molecule has 29 heavy (non-hydrogen) atoms. The molecule has 1 spiro atoms. The summed E-state index contributed by atoms with van der Waals surface area (Å²) in [5, 5.41) is 1.99. The molecule has 2 aliphatic rings. The number of likely N-dealkylation sites (tertiary alicyclic amines) is 1. The first-order valence-electron chi connectivity index (χ1n) is 9.38. The van der Waals surface area contributed by atoms with Crippen molar-refractivity contribution in [3.63, 3.8) is 0 Å². The van der Waals surface area contributed by atoms with Crippen molar-refractivity contribution in [2.24, 2.45) is 5.41 Å². The molecule has 0 bridgehead atoms. The number of carbonyl (C=O) groups excluding carboxylic acids is 1. The zero-order chi connectivity index (χ0) is 20.6. The molecule has 0 radical (unpaired) electrons. The summed E-state index contributed by atoms with van der Waals surface area (Å²) in [7, 11) is -1.93.